The summed E-state index contributed by atoms with van der Waals surface area (Å²) in [6.45, 7) is 7.06. The van der Waals surface area contributed by atoms with Crippen LogP contribution < -0.4 is 15.4 Å². The molecule has 2 aromatic heterocycles. The standard InChI is InChI=1S/C25H30N6O2/c1-2-31-22-21(9-6-12-26-22)27-23(25(31)33)29-13-10-19(11-14-29)24(32)30-17-15-28(16-18-30)20-7-4-3-5-8-20/h3-9,12,19H,2,10-11,13-18H2,1H3. The first-order valence-corrected chi connectivity index (χ1v) is 11.8. The van der Waals surface area contributed by atoms with Gasteiger partial charge in [-0.25, -0.2) is 9.97 Å². The van der Waals surface area contributed by atoms with Crippen molar-refractivity contribution in [3.8, 4) is 0 Å². The van der Waals surface area contributed by atoms with E-state index in [2.05, 4.69) is 39.1 Å². The zero-order valence-electron chi connectivity index (χ0n) is 19.1. The summed E-state index contributed by atoms with van der Waals surface area (Å²) in [7, 11) is 0. The van der Waals surface area contributed by atoms with Crippen LogP contribution in [0.5, 0.6) is 0 Å². The predicted octanol–water partition coefficient (Wildman–Crippen LogP) is 2.38. The summed E-state index contributed by atoms with van der Waals surface area (Å²) in [6.07, 6.45) is 3.18. The van der Waals surface area contributed by atoms with Gasteiger partial charge in [0.2, 0.25) is 5.91 Å². The van der Waals surface area contributed by atoms with Crippen molar-refractivity contribution in [3.05, 3.63) is 59.0 Å². The van der Waals surface area contributed by atoms with Crippen LogP contribution in [0.1, 0.15) is 19.8 Å². The smallest absolute Gasteiger partial charge is 0.295 e. The number of nitrogens with zero attached hydrogens (tertiary/aromatic N) is 6. The molecule has 0 aliphatic carbocycles. The second kappa shape index (κ2) is 9.21. The number of pyridine rings is 1. The number of piperidine rings is 1. The molecule has 1 aromatic carbocycles. The minimum absolute atomic E-state index is 0.0139. The van der Waals surface area contributed by atoms with E-state index in [-0.39, 0.29) is 17.4 Å². The van der Waals surface area contributed by atoms with E-state index < -0.39 is 0 Å². The highest BCUT2D eigenvalue weighted by Crippen LogP contribution is 2.24. The number of carbonyl (C=O) groups excluding carboxylic acids is 1. The van der Waals surface area contributed by atoms with Crippen molar-refractivity contribution in [2.24, 2.45) is 5.92 Å². The van der Waals surface area contributed by atoms with Crippen LogP contribution in [-0.2, 0) is 11.3 Å². The number of anilines is 2. The zero-order chi connectivity index (χ0) is 22.8. The summed E-state index contributed by atoms with van der Waals surface area (Å²) in [5.74, 6) is 0.740. The Hall–Kier alpha value is -3.42. The third-order valence-electron chi connectivity index (χ3n) is 6.86. The molecule has 2 fully saturated rings. The Balaban J connectivity index is 1.22. The number of aromatic nitrogens is 3. The molecule has 172 valence electrons. The number of aryl methyl sites for hydroxylation is 1. The van der Waals surface area contributed by atoms with Crippen molar-refractivity contribution in [1.82, 2.24) is 19.4 Å². The highest BCUT2D eigenvalue weighted by Gasteiger charge is 2.31. The van der Waals surface area contributed by atoms with E-state index in [4.69, 9.17) is 0 Å². The van der Waals surface area contributed by atoms with E-state index in [9.17, 15) is 9.59 Å². The van der Waals surface area contributed by atoms with Crippen molar-refractivity contribution < 1.29 is 4.79 Å². The fourth-order valence-electron chi connectivity index (χ4n) is 4.98. The highest BCUT2D eigenvalue weighted by atomic mass is 16.2. The quantitative estimate of drug-likeness (QED) is 0.613. The first-order valence-electron chi connectivity index (χ1n) is 11.8. The molecule has 8 nitrogen and oxygen atoms in total. The monoisotopic (exact) mass is 446 g/mol. The summed E-state index contributed by atoms with van der Waals surface area (Å²) in [5, 5.41) is 0. The lowest BCUT2D eigenvalue weighted by molar-refractivity contribution is -0.136. The lowest BCUT2D eigenvalue weighted by atomic mass is 9.95. The summed E-state index contributed by atoms with van der Waals surface area (Å²) < 4.78 is 1.68. The average Bonchev–Trinajstić information content (AvgIpc) is 2.89. The largest absolute Gasteiger partial charge is 0.368 e. The van der Waals surface area contributed by atoms with Gasteiger partial charge in [0.1, 0.15) is 5.52 Å². The van der Waals surface area contributed by atoms with E-state index in [1.54, 1.807) is 10.8 Å². The molecule has 1 amide bonds. The van der Waals surface area contributed by atoms with Crippen molar-refractivity contribution in [2.75, 3.05) is 49.1 Å². The van der Waals surface area contributed by atoms with Crippen LogP contribution in [-0.4, -0.2) is 64.6 Å². The Morgan fingerprint density at radius 1 is 0.939 bits per heavy atom. The van der Waals surface area contributed by atoms with Crippen LogP contribution in [0.25, 0.3) is 11.2 Å². The third kappa shape index (κ3) is 4.17. The molecule has 2 aliphatic rings. The molecule has 4 heterocycles. The van der Waals surface area contributed by atoms with Crippen molar-refractivity contribution in [1.29, 1.82) is 0 Å². The minimum atomic E-state index is -0.106. The molecule has 0 bridgehead atoms. The van der Waals surface area contributed by atoms with Crippen LogP contribution >= 0.6 is 0 Å². The fourth-order valence-corrected chi connectivity index (χ4v) is 4.98. The molecule has 0 atom stereocenters. The SMILES string of the molecule is CCn1c(=O)c(N2CCC(C(=O)N3CCN(c4ccccc4)CC3)CC2)nc2cccnc21. The van der Waals surface area contributed by atoms with Crippen LogP contribution in [0.2, 0.25) is 0 Å². The summed E-state index contributed by atoms with van der Waals surface area (Å²) in [5.41, 5.74) is 2.45. The summed E-state index contributed by atoms with van der Waals surface area (Å²) in [6, 6.07) is 14.1. The molecule has 0 N–H and O–H groups in total. The van der Waals surface area contributed by atoms with Crippen LogP contribution in [0.3, 0.4) is 0 Å². The maximum Gasteiger partial charge on any atom is 0.295 e. The Morgan fingerprint density at radius 2 is 1.67 bits per heavy atom. The lowest BCUT2D eigenvalue weighted by Crippen LogP contribution is -2.52. The van der Waals surface area contributed by atoms with Gasteiger partial charge < -0.3 is 14.7 Å². The number of hydrogen-bond donors (Lipinski definition) is 0. The molecule has 0 radical (unpaired) electrons. The van der Waals surface area contributed by atoms with E-state index in [1.807, 2.05) is 34.9 Å². The number of benzene rings is 1. The number of amides is 1. The maximum atomic E-state index is 13.2. The molecule has 5 rings (SSSR count). The van der Waals surface area contributed by atoms with Crippen LogP contribution in [0, 0.1) is 5.92 Å². The fraction of sp³-hybridized carbons (Fsp3) is 0.440. The van der Waals surface area contributed by atoms with Crippen molar-refractivity contribution in [2.45, 2.75) is 26.3 Å². The van der Waals surface area contributed by atoms with E-state index >= 15 is 0 Å². The Bertz CT molecular complexity index is 1180. The molecule has 8 heteroatoms. The second-order valence-corrected chi connectivity index (χ2v) is 8.74. The molecule has 33 heavy (non-hydrogen) atoms. The number of para-hydroxylation sites is 1. The number of hydrogen-bond acceptors (Lipinski definition) is 6. The van der Waals surface area contributed by atoms with E-state index in [1.165, 1.54) is 5.69 Å². The summed E-state index contributed by atoms with van der Waals surface area (Å²) in [4.78, 5) is 41.6. The normalized spacial score (nSPS) is 17.5. The van der Waals surface area contributed by atoms with Crippen LogP contribution in [0.15, 0.2) is 53.5 Å². The highest BCUT2D eigenvalue weighted by molar-refractivity contribution is 5.79. The van der Waals surface area contributed by atoms with Gasteiger partial charge in [0.05, 0.1) is 0 Å². The summed E-state index contributed by atoms with van der Waals surface area (Å²) >= 11 is 0. The van der Waals surface area contributed by atoms with Gasteiger partial charge in [-0.15, -0.1) is 0 Å². The van der Waals surface area contributed by atoms with Gasteiger partial charge in [-0.05, 0) is 44.0 Å². The van der Waals surface area contributed by atoms with Gasteiger partial charge in [-0.3, -0.25) is 14.2 Å². The molecule has 0 saturated carbocycles. The third-order valence-corrected chi connectivity index (χ3v) is 6.86. The second-order valence-electron chi connectivity index (χ2n) is 8.74. The van der Waals surface area contributed by atoms with Gasteiger partial charge in [0.15, 0.2) is 11.5 Å². The van der Waals surface area contributed by atoms with Crippen molar-refractivity contribution in [3.63, 3.8) is 0 Å². The molecular weight excluding hydrogens is 416 g/mol. The number of rotatable bonds is 4. The minimum Gasteiger partial charge on any atom is -0.368 e. The van der Waals surface area contributed by atoms with E-state index in [0.717, 1.165) is 44.5 Å². The Morgan fingerprint density at radius 3 is 2.36 bits per heavy atom. The van der Waals surface area contributed by atoms with Crippen LogP contribution in [0.4, 0.5) is 11.5 Å². The van der Waals surface area contributed by atoms with Gasteiger partial charge in [0.25, 0.3) is 5.56 Å². The van der Waals surface area contributed by atoms with Gasteiger partial charge in [0, 0.05) is 63.6 Å². The molecule has 0 unspecified atom stereocenters. The molecule has 3 aromatic rings. The molecule has 2 saturated heterocycles. The van der Waals surface area contributed by atoms with Crippen molar-refractivity contribution >= 4 is 28.6 Å². The Labute approximate surface area is 193 Å². The number of piperazine rings is 1. The topological polar surface area (TPSA) is 74.6 Å². The molecular formula is C25H30N6O2. The zero-order valence-corrected chi connectivity index (χ0v) is 19.1. The first kappa shape index (κ1) is 21.4. The maximum absolute atomic E-state index is 13.2. The first-order chi connectivity index (χ1) is 16.2. The molecule has 0 spiro atoms. The van der Waals surface area contributed by atoms with Gasteiger partial charge in [-0.2, -0.15) is 0 Å². The average molecular weight is 447 g/mol. The van der Waals surface area contributed by atoms with Gasteiger partial charge >= 0.3 is 0 Å². The predicted molar refractivity (Wildman–Crippen MR) is 130 cm³/mol. The van der Waals surface area contributed by atoms with Gasteiger partial charge in [-0.1, -0.05) is 18.2 Å². The number of fused-ring (bicyclic) bond motifs is 1. The Kier molecular flexibility index (Phi) is 5.98. The molecule has 2 aliphatic heterocycles. The number of carbonyl (C=O) groups is 1. The lowest BCUT2D eigenvalue weighted by Gasteiger charge is -2.39. The van der Waals surface area contributed by atoms with E-state index in [0.29, 0.717) is 31.1 Å².